The van der Waals surface area contributed by atoms with E-state index in [4.69, 9.17) is 0 Å². The molecule has 0 atom stereocenters. The number of aromatic nitrogens is 4. The van der Waals surface area contributed by atoms with Gasteiger partial charge in [-0.15, -0.1) is 16.4 Å². The highest BCUT2D eigenvalue weighted by atomic mass is 32.1. The number of thiophene rings is 1. The van der Waals surface area contributed by atoms with Gasteiger partial charge in [-0.1, -0.05) is 0 Å². The zero-order valence-corrected chi connectivity index (χ0v) is 9.63. The Kier molecular flexibility index (Phi) is 1.84. The molecule has 1 N–H and O–H groups in total. The summed E-state index contributed by atoms with van der Waals surface area (Å²) < 4.78 is 1.53. The molecule has 0 aromatic carbocycles. The normalized spacial score (nSPS) is 14.0. The summed E-state index contributed by atoms with van der Waals surface area (Å²) in [6, 6.07) is 0. The second kappa shape index (κ2) is 3.11. The Balaban J connectivity index is 2.34. The van der Waals surface area contributed by atoms with E-state index in [-0.39, 0.29) is 12.5 Å². The number of tetrazole rings is 1. The van der Waals surface area contributed by atoms with Crippen molar-refractivity contribution in [2.45, 2.75) is 20.4 Å². The van der Waals surface area contributed by atoms with Crippen molar-refractivity contribution in [3.8, 4) is 11.4 Å². The zero-order chi connectivity index (χ0) is 11.3. The number of hydrogen-bond acceptors (Lipinski definition) is 5. The molecule has 1 aliphatic heterocycles. The highest BCUT2D eigenvalue weighted by Crippen LogP contribution is 2.40. The summed E-state index contributed by atoms with van der Waals surface area (Å²) in [5.41, 5.74) is 2.07. The van der Waals surface area contributed by atoms with Crippen molar-refractivity contribution in [2.24, 2.45) is 0 Å². The van der Waals surface area contributed by atoms with Crippen molar-refractivity contribution in [3.05, 3.63) is 10.4 Å². The Morgan fingerprint density at radius 2 is 2.25 bits per heavy atom. The summed E-state index contributed by atoms with van der Waals surface area (Å²) in [5.74, 6) is 0.573. The molecule has 2 aromatic rings. The molecule has 1 aliphatic rings. The number of aryl methyl sites for hydroxylation is 1. The Bertz CT molecular complexity index is 585. The van der Waals surface area contributed by atoms with Crippen molar-refractivity contribution in [2.75, 3.05) is 5.32 Å². The first kappa shape index (κ1) is 9.46. The minimum Gasteiger partial charge on any atom is -0.315 e. The van der Waals surface area contributed by atoms with Crippen LogP contribution in [0.3, 0.4) is 0 Å². The number of anilines is 1. The summed E-state index contributed by atoms with van der Waals surface area (Å²) in [7, 11) is 0. The monoisotopic (exact) mass is 235 g/mol. The second-order valence-corrected chi connectivity index (χ2v) is 4.92. The molecule has 0 saturated heterocycles. The van der Waals surface area contributed by atoms with Gasteiger partial charge in [-0.25, -0.2) is 4.68 Å². The summed E-state index contributed by atoms with van der Waals surface area (Å²) in [6.07, 6.45) is 0. The first-order valence-corrected chi connectivity index (χ1v) is 5.65. The number of hydrogen-bond donors (Lipinski definition) is 1. The van der Waals surface area contributed by atoms with Gasteiger partial charge in [0.2, 0.25) is 5.91 Å². The minimum atomic E-state index is -0.0893. The van der Waals surface area contributed by atoms with Crippen LogP contribution < -0.4 is 5.32 Å². The van der Waals surface area contributed by atoms with Crippen LogP contribution in [0.2, 0.25) is 0 Å². The maximum atomic E-state index is 11.6. The summed E-state index contributed by atoms with van der Waals surface area (Å²) in [6.45, 7) is 4.21. The van der Waals surface area contributed by atoms with Gasteiger partial charge < -0.3 is 5.32 Å². The Labute approximate surface area is 95.3 Å². The highest BCUT2D eigenvalue weighted by molar-refractivity contribution is 7.17. The van der Waals surface area contributed by atoms with Gasteiger partial charge in [0.1, 0.15) is 11.5 Å². The van der Waals surface area contributed by atoms with Crippen LogP contribution in [0.15, 0.2) is 0 Å². The largest absolute Gasteiger partial charge is 0.315 e. The van der Waals surface area contributed by atoms with Crippen LogP contribution in [0.1, 0.15) is 10.4 Å². The summed E-state index contributed by atoms with van der Waals surface area (Å²) in [5, 5.41) is 15.1. The minimum absolute atomic E-state index is 0.0893. The molecular formula is C9H9N5OS. The maximum Gasteiger partial charge on any atom is 0.246 e. The first-order chi connectivity index (χ1) is 7.66. The van der Waals surface area contributed by atoms with Crippen LogP contribution in [0.4, 0.5) is 5.00 Å². The topological polar surface area (TPSA) is 72.7 Å². The first-order valence-electron chi connectivity index (χ1n) is 4.83. The fraction of sp³-hybridized carbons (Fsp3) is 0.333. The van der Waals surface area contributed by atoms with Crippen LogP contribution in [-0.4, -0.2) is 26.1 Å². The van der Waals surface area contributed by atoms with Gasteiger partial charge in [0.15, 0.2) is 5.82 Å². The summed E-state index contributed by atoms with van der Waals surface area (Å²) >= 11 is 1.56. The van der Waals surface area contributed by atoms with Crippen molar-refractivity contribution in [3.63, 3.8) is 0 Å². The molecule has 0 bridgehead atoms. The molecule has 6 nitrogen and oxygen atoms in total. The lowest BCUT2D eigenvalue weighted by molar-refractivity contribution is -0.116. The molecule has 16 heavy (non-hydrogen) atoms. The lowest BCUT2D eigenvalue weighted by Gasteiger charge is -1.98. The predicted molar refractivity (Wildman–Crippen MR) is 59.2 cm³/mol. The molecule has 1 amide bonds. The van der Waals surface area contributed by atoms with Crippen molar-refractivity contribution in [1.82, 2.24) is 20.2 Å². The SMILES string of the molecule is Cc1sc2c(c1C)-c1nnnn1CC(=O)N2. The average Bonchev–Trinajstić information content (AvgIpc) is 2.71. The maximum absolute atomic E-state index is 11.6. The van der Waals surface area contributed by atoms with Crippen LogP contribution >= 0.6 is 11.3 Å². The van der Waals surface area contributed by atoms with Gasteiger partial charge in [0.25, 0.3) is 0 Å². The van der Waals surface area contributed by atoms with Gasteiger partial charge >= 0.3 is 0 Å². The van der Waals surface area contributed by atoms with Crippen LogP contribution in [0.5, 0.6) is 0 Å². The standard InChI is InChI=1S/C9H9N5OS/c1-4-5(2)16-9-7(4)8-11-12-13-14(8)3-6(15)10-9/h3H2,1-2H3,(H,10,15). The van der Waals surface area contributed by atoms with E-state index in [9.17, 15) is 4.79 Å². The van der Waals surface area contributed by atoms with Gasteiger partial charge in [0.05, 0.1) is 5.56 Å². The summed E-state index contributed by atoms with van der Waals surface area (Å²) in [4.78, 5) is 12.8. The quantitative estimate of drug-likeness (QED) is 0.738. The fourth-order valence-electron chi connectivity index (χ4n) is 1.78. The number of rotatable bonds is 0. The van der Waals surface area contributed by atoms with Gasteiger partial charge in [-0.05, 0) is 29.8 Å². The fourth-order valence-corrected chi connectivity index (χ4v) is 2.85. The predicted octanol–water partition coefficient (Wildman–Crippen LogP) is 0.971. The highest BCUT2D eigenvalue weighted by Gasteiger charge is 2.25. The van der Waals surface area contributed by atoms with E-state index in [2.05, 4.69) is 20.8 Å². The van der Waals surface area contributed by atoms with Crippen LogP contribution in [0.25, 0.3) is 11.4 Å². The molecule has 0 unspecified atom stereocenters. The number of nitrogens with zero attached hydrogens (tertiary/aromatic N) is 4. The van der Waals surface area contributed by atoms with Gasteiger partial charge in [-0.3, -0.25) is 4.79 Å². The molecule has 0 fully saturated rings. The number of carbonyl (C=O) groups is 1. The van der Waals surface area contributed by atoms with Crippen molar-refractivity contribution in [1.29, 1.82) is 0 Å². The smallest absolute Gasteiger partial charge is 0.246 e. The van der Waals surface area contributed by atoms with E-state index in [0.29, 0.717) is 5.82 Å². The Morgan fingerprint density at radius 1 is 1.44 bits per heavy atom. The molecule has 0 aliphatic carbocycles. The molecule has 3 heterocycles. The number of fused-ring (bicyclic) bond motifs is 3. The number of nitrogens with one attached hydrogen (secondary N) is 1. The van der Waals surface area contributed by atoms with E-state index in [1.165, 1.54) is 9.56 Å². The van der Waals surface area contributed by atoms with E-state index in [1.807, 2.05) is 13.8 Å². The third-order valence-electron chi connectivity index (χ3n) is 2.69. The van der Waals surface area contributed by atoms with Crippen LogP contribution in [0, 0.1) is 13.8 Å². The second-order valence-electron chi connectivity index (χ2n) is 3.70. The molecule has 0 saturated carbocycles. The number of amides is 1. The average molecular weight is 235 g/mol. The molecular weight excluding hydrogens is 226 g/mol. The van der Waals surface area contributed by atoms with E-state index < -0.39 is 0 Å². The van der Waals surface area contributed by atoms with E-state index >= 15 is 0 Å². The Morgan fingerprint density at radius 3 is 3.06 bits per heavy atom. The molecule has 82 valence electrons. The third-order valence-corrected chi connectivity index (χ3v) is 3.81. The van der Waals surface area contributed by atoms with Gasteiger partial charge in [-0.2, -0.15) is 0 Å². The van der Waals surface area contributed by atoms with E-state index in [1.54, 1.807) is 11.3 Å². The Hall–Kier alpha value is -1.76. The molecule has 0 spiro atoms. The van der Waals surface area contributed by atoms with Crippen molar-refractivity contribution < 1.29 is 4.79 Å². The molecule has 0 radical (unpaired) electrons. The van der Waals surface area contributed by atoms with Crippen molar-refractivity contribution >= 4 is 22.2 Å². The number of carbonyl (C=O) groups excluding carboxylic acids is 1. The van der Waals surface area contributed by atoms with Crippen LogP contribution in [-0.2, 0) is 11.3 Å². The lowest BCUT2D eigenvalue weighted by Crippen LogP contribution is -2.17. The molecule has 2 aromatic heterocycles. The third kappa shape index (κ3) is 1.18. The van der Waals surface area contributed by atoms with Gasteiger partial charge in [0, 0.05) is 4.88 Å². The molecule has 7 heteroatoms. The zero-order valence-electron chi connectivity index (χ0n) is 8.81. The molecule has 3 rings (SSSR count). The lowest BCUT2D eigenvalue weighted by atomic mass is 10.1. The van der Waals surface area contributed by atoms with E-state index in [0.717, 1.165) is 16.1 Å².